The van der Waals surface area contributed by atoms with Gasteiger partial charge in [-0.2, -0.15) is 0 Å². The standard InChI is InChI=1S/C17H17IN2O3S/c1-10-8-11(18)4-7-14(10)19-17(24)20-16(21)13-6-5-12(22-2)9-15(13)23-3/h4-9H,1-3H3,(H2,19,20,21,24). The first-order chi connectivity index (χ1) is 11.4. The minimum atomic E-state index is -0.352. The number of halogens is 1. The number of nitrogens with one attached hydrogen (secondary N) is 2. The van der Waals surface area contributed by atoms with Crippen molar-refractivity contribution in [1.82, 2.24) is 5.32 Å². The predicted octanol–water partition coefficient (Wildman–Crippen LogP) is 3.74. The Morgan fingerprint density at radius 1 is 1.12 bits per heavy atom. The van der Waals surface area contributed by atoms with Crippen LogP contribution in [0.25, 0.3) is 0 Å². The van der Waals surface area contributed by atoms with Crippen molar-refractivity contribution in [3.63, 3.8) is 0 Å². The topological polar surface area (TPSA) is 59.6 Å². The molecule has 0 saturated heterocycles. The molecule has 0 bridgehead atoms. The summed E-state index contributed by atoms with van der Waals surface area (Å²) in [5.74, 6) is 0.675. The molecule has 2 rings (SSSR count). The Labute approximate surface area is 159 Å². The number of methoxy groups -OCH3 is 2. The quantitative estimate of drug-likeness (QED) is 0.543. The van der Waals surface area contributed by atoms with Crippen molar-refractivity contribution < 1.29 is 14.3 Å². The van der Waals surface area contributed by atoms with Gasteiger partial charge in [-0.05, 0) is 77.6 Å². The number of ether oxygens (including phenoxy) is 2. The van der Waals surface area contributed by atoms with Gasteiger partial charge in [0.2, 0.25) is 0 Å². The van der Waals surface area contributed by atoms with Crippen LogP contribution in [0.2, 0.25) is 0 Å². The number of hydrogen-bond acceptors (Lipinski definition) is 4. The third kappa shape index (κ3) is 4.57. The Balaban J connectivity index is 2.10. The molecular formula is C17H17IN2O3S. The summed E-state index contributed by atoms with van der Waals surface area (Å²) < 4.78 is 11.5. The zero-order chi connectivity index (χ0) is 17.7. The van der Waals surface area contributed by atoms with Gasteiger partial charge in [-0.15, -0.1) is 0 Å². The molecule has 126 valence electrons. The second-order valence-corrected chi connectivity index (χ2v) is 6.59. The summed E-state index contributed by atoms with van der Waals surface area (Å²) in [5, 5.41) is 5.91. The fourth-order valence-corrected chi connectivity index (χ4v) is 2.93. The van der Waals surface area contributed by atoms with Gasteiger partial charge in [0.05, 0.1) is 19.8 Å². The van der Waals surface area contributed by atoms with Gasteiger partial charge in [0.1, 0.15) is 11.5 Å². The SMILES string of the molecule is COc1ccc(C(=O)NC(=S)Nc2ccc(I)cc2C)c(OC)c1. The van der Waals surface area contributed by atoms with Gasteiger partial charge in [0, 0.05) is 15.3 Å². The maximum absolute atomic E-state index is 12.4. The summed E-state index contributed by atoms with van der Waals surface area (Å²) in [7, 11) is 3.05. The van der Waals surface area contributed by atoms with E-state index in [4.69, 9.17) is 21.7 Å². The minimum Gasteiger partial charge on any atom is -0.497 e. The maximum atomic E-state index is 12.4. The number of hydrogen-bond donors (Lipinski definition) is 2. The maximum Gasteiger partial charge on any atom is 0.261 e. The molecule has 0 fully saturated rings. The van der Waals surface area contributed by atoms with E-state index in [1.807, 2.05) is 25.1 Å². The van der Waals surface area contributed by atoms with Crippen molar-refractivity contribution in [3.05, 3.63) is 51.1 Å². The van der Waals surface area contributed by atoms with Crippen molar-refractivity contribution in [2.24, 2.45) is 0 Å². The number of carbonyl (C=O) groups is 1. The first-order valence-electron chi connectivity index (χ1n) is 7.05. The Morgan fingerprint density at radius 2 is 1.88 bits per heavy atom. The lowest BCUT2D eigenvalue weighted by atomic mass is 10.1. The number of benzene rings is 2. The van der Waals surface area contributed by atoms with Crippen LogP contribution in [0.15, 0.2) is 36.4 Å². The summed E-state index contributed by atoms with van der Waals surface area (Å²) in [4.78, 5) is 12.4. The smallest absolute Gasteiger partial charge is 0.261 e. The number of amides is 1. The van der Waals surface area contributed by atoms with Crippen LogP contribution >= 0.6 is 34.8 Å². The molecule has 5 nitrogen and oxygen atoms in total. The van der Waals surface area contributed by atoms with Crippen LogP contribution in [0.3, 0.4) is 0 Å². The van der Waals surface area contributed by atoms with Crippen LogP contribution in [0.4, 0.5) is 5.69 Å². The first-order valence-corrected chi connectivity index (χ1v) is 8.54. The number of aryl methyl sites for hydroxylation is 1. The van der Waals surface area contributed by atoms with Gasteiger partial charge in [-0.1, -0.05) is 0 Å². The van der Waals surface area contributed by atoms with E-state index in [1.54, 1.807) is 25.3 Å². The summed E-state index contributed by atoms with van der Waals surface area (Å²) in [5.41, 5.74) is 2.27. The second kappa shape index (κ2) is 8.29. The minimum absolute atomic E-state index is 0.224. The van der Waals surface area contributed by atoms with Gasteiger partial charge in [0.25, 0.3) is 5.91 Å². The summed E-state index contributed by atoms with van der Waals surface area (Å²) in [6.07, 6.45) is 0. The average Bonchev–Trinajstić information content (AvgIpc) is 2.56. The molecule has 0 spiro atoms. The summed E-state index contributed by atoms with van der Waals surface area (Å²) >= 11 is 7.46. The predicted molar refractivity (Wildman–Crippen MR) is 107 cm³/mol. The molecule has 24 heavy (non-hydrogen) atoms. The third-order valence-corrected chi connectivity index (χ3v) is 4.19. The second-order valence-electron chi connectivity index (χ2n) is 4.93. The van der Waals surface area contributed by atoms with E-state index < -0.39 is 0 Å². The number of anilines is 1. The fourth-order valence-electron chi connectivity index (χ4n) is 2.08. The third-order valence-electron chi connectivity index (χ3n) is 3.32. The molecule has 0 aliphatic heterocycles. The monoisotopic (exact) mass is 456 g/mol. The molecule has 1 amide bonds. The molecule has 0 aromatic heterocycles. The molecule has 0 radical (unpaired) electrons. The molecular weight excluding hydrogens is 439 g/mol. The summed E-state index contributed by atoms with van der Waals surface area (Å²) in [6.45, 7) is 1.97. The van der Waals surface area contributed by atoms with Crippen LogP contribution in [0.5, 0.6) is 11.5 Å². The molecule has 0 atom stereocenters. The Kier molecular flexibility index (Phi) is 6.38. The van der Waals surface area contributed by atoms with Crippen molar-refractivity contribution in [2.75, 3.05) is 19.5 Å². The van der Waals surface area contributed by atoms with Gasteiger partial charge in [0.15, 0.2) is 5.11 Å². The molecule has 2 aromatic carbocycles. The van der Waals surface area contributed by atoms with Crippen LogP contribution in [0, 0.1) is 10.5 Å². The highest BCUT2D eigenvalue weighted by atomic mass is 127. The van der Waals surface area contributed by atoms with Crippen LogP contribution in [0.1, 0.15) is 15.9 Å². The largest absolute Gasteiger partial charge is 0.497 e. The number of rotatable bonds is 4. The van der Waals surface area contributed by atoms with E-state index in [0.29, 0.717) is 17.1 Å². The first kappa shape index (κ1) is 18.5. The highest BCUT2D eigenvalue weighted by Gasteiger charge is 2.15. The average molecular weight is 456 g/mol. The van der Waals surface area contributed by atoms with Crippen molar-refractivity contribution in [1.29, 1.82) is 0 Å². The normalized spacial score (nSPS) is 10.0. The van der Waals surface area contributed by atoms with Crippen LogP contribution in [-0.2, 0) is 0 Å². The van der Waals surface area contributed by atoms with E-state index in [-0.39, 0.29) is 11.0 Å². The summed E-state index contributed by atoms with van der Waals surface area (Å²) in [6, 6.07) is 10.9. The van der Waals surface area contributed by atoms with Crippen molar-refractivity contribution in [3.8, 4) is 11.5 Å². The highest BCUT2D eigenvalue weighted by Crippen LogP contribution is 2.24. The molecule has 2 N–H and O–H groups in total. The fraction of sp³-hybridized carbons (Fsp3) is 0.176. The molecule has 0 saturated carbocycles. The lowest BCUT2D eigenvalue weighted by Gasteiger charge is -2.14. The molecule has 0 aliphatic rings. The Hall–Kier alpha value is -1.87. The lowest BCUT2D eigenvalue weighted by molar-refractivity contribution is 0.0974. The highest BCUT2D eigenvalue weighted by molar-refractivity contribution is 14.1. The van der Waals surface area contributed by atoms with E-state index in [0.717, 1.165) is 14.8 Å². The van der Waals surface area contributed by atoms with E-state index >= 15 is 0 Å². The molecule has 0 unspecified atom stereocenters. The number of thiocarbonyl (C=S) groups is 1. The lowest BCUT2D eigenvalue weighted by Crippen LogP contribution is -2.34. The Bertz CT molecular complexity index is 780. The van der Waals surface area contributed by atoms with Crippen molar-refractivity contribution in [2.45, 2.75) is 6.92 Å². The zero-order valence-electron chi connectivity index (χ0n) is 13.5. The van der Waals surface area contributed by atoms with Crippen LogP contribution < -0.4 is 20.1 Å². The van der Waals surface area contributed by atoms with E-state index in [1.165, 1.54) is 7.11 Å². The zero-order valence-corrected chi connectivity index (χ0v) is 16.4. The number of carbonyl (C=O) groups excluding carboxylic acids is 1. The van der Waals surface area contributed by atoms with Gasteiger partial charge in [-0.3, -0.25) is 10.1 Å². The van der Waals surface area contributed by atoms with E-state index in [9.17, 15) is 4.79 Å². The molecule has 0 heterocycles. The van der Waals surface area contributed by atoms with Gasteiger partial charge in [-0.25, -0.2) is 0 Å². The van der Waals surface area contributed by atoms with Gasteiger partial charge < -0.3 is 14.8 Å². The van der Waals surface area contributed by atoms with Crippen molar-refractivity contribution >= 4 is 51.5 Å². The molecule has 2 aromatic rings. The van der Waals surface area contributed by atoms with Crippen LogP contribution in [-0.4, -0.2) is 25.2 Å². The van der Waals surface area contributed by atoms with Gasteiger partial charge >= 0.3 is 0 Å². The molecule has 7 heteroatoms. The van der Waals surface area contributed by atoms with E-state index in [2.05, 4.69) is 33.2 Å². The molecule has 0 aliphatic carbocycles. The Morgan fingerprint density at radius 3 is 2.50 bits per heavy atom.